The molecule has 9 heteroatoms. The number of hydrogen-bond acceptors (Lipinski definition) is 8. The molecular weight excluding hydrogens is 392 g/mol. The van der Waals surface area contributed by atoms with Gasteiger partial charge in [0.1, 0.15) is 12.9 Å². The molecule has 0 unspecified atom stereocenters. The Morgan fingerprint density at radius 2 is 1.57 bits per heavy atom. The minimum atomic E-state index is -0.561. The lowest BCUT2D eigenvalue weighted by atomic mass is 10.2. The summed E-state index contributed by atoms with van der Waals surface area (Å²) in [6.07, 6.45) is 0.809. The summed E-state index contributed by atoms with van der Waals surface area (Å²) in [5, 5.41) is 10.6. The van der Waals surface area contributed by atoms with Crippen LogP contribution < -0.4 is 4.90 Å². The van der Waals surface area contributed by atoms with E-state index in [4.69, 9.17) is 14.2 Å². The van der Waals surface area contributed by atoms with Gasteiger partial charge in [-0.15, -0.1) is 0 Å². The van der Waals surface area contributed by atoms with Gasteiger partial charge in [-0.2, -0.15) is 0 Å². The second-order valence-corrected chi connectivity index (χ2v) is 6.30. The van der Waals surface area contributed by atoms with Crippen LogP contribution in [0, 0.1) is 10.1 Å². The summed E-state index contributed by atoms with van der Waals surface area (Å²) in [6.45, 7) is 2.29. The van der Waals surface area contributed by atoms with Crippen molar-refractivity contribution in [1.82, 2.24) is 0 Å². The second-order valence-electron chi connectivity index (χ2n) is 6.30. The largest absolute Gasteiger partial charge is 0.460 e. The van der Waals surface area contributed by atoms with Gasteiger partial charge in [-0.1, -0.05) is 0 Å². The molecular formula is C21H24N2O7. The Morgan fingerprint density at radius 3 is 2.17 bits per heavy atom. The molecule has 160 valence electrons. The van der Waals surface area contributed by atoms with Crippen LogP contribution >= 0.6 is 0 Å². The van der Waals surface area contributed by atoms with Crippen LogP contribution in [0.4, 0.5) is 11.4 Å². The highest BCUT2D eigenvalue weighted by Gasteiger charge is 2.10. The molecule has 0 fully saturated rings. The molecule has 2 rings (SSSR count). The quantitative estimate of drug-likeness (QED) is 0.161. The van der Waals surface area contributed by atoms with Gasteiger partial charge in [-0.25, -0.2) is 4.79 Å². The fraction of sp³-hybridized carbons (Fsp3) is 0.333. The number of rotatable bonds is 13. The van der Waals surface area contributed by atoms with E-state index in [1.807, 2.05) is 24.1 Å². The van der Waals surface area contributed by atoms with Gasteiger partial charge in [0.2, 0.25) is 0 Å². The van der Waals surface area contributed by atoms with E-state index in [1.165, 1.54) is 24.3 Å². The first kappa shape index (κ1) is 23.0. The summed E-state index contributed by atoms with van der Waals surface area (Å²) in [4.78, 5) is 34.6. The highest BCUT2D eigenvalue weighted by molar-refractivity contribution is 5.89. The average molecular weight is 416 g/mol. The zero-order valence-corrected chi connectivity index (χ0v) is 16.7. The van der Waals surface area contributed by atoms with E-state index in [9.17, 15) is 19.7 Å². The molecule has 2 aromatic rings. The van der Waals surface area contributed by atoms with Crippen molar-refractivity contribution in [1.29, 1.82) is 0 Å². The van der Waals surface area contributed by atoms with Crippen molar-refractivity contribution in [2.75, 3.05) is 51.5 Å². The van der Waals surface area contributed by atoms with E-state index < -0.39 is 10.9 Å². The highest BCUT2D eigenvalue weighted by Crippen LogP contribution is 2.13. The van der Waals surface area contributed by atoms with E-state index in [-0.39, 0.29) is 24.5 Å². The predicted molar refractivity (Wildman–Crippen MR) is 110 cm³/mol. The lowest BCUT2D eigenvalue weighted by Crippen LogP contribution is -2.23. The van der Waals surface area contributed by atoms with Crippen LogP contribution in [0.1, 0.15) is 20.7 Å². The first-order valence-electron chi connectivity index (χ1n) is 9.34. The van der Waals surface area contributed by atoms with Crippen molar-refractivity contribution in [2.45, 2.75) is 0 Å². The molecule has 9 nitrogen and oxygen atoms in total. The fourth-order valence-corrected chi connectivity index (χ4v) is 2.46. The van der Waals surface area contributed by atoms with Crippen molar-refractivity contribution in [2.24, 2.45) is 0 Å². The maximum absolute atomic E-state index is 11.8. The van der Waals surface area contributed by atoms with Crippen molar-refractivity contribution in [3.63, 3.8) is 0 Å². The monoisotopic (exact) mass is 416 g/mol. The Balaban J connectivity index is 1.51. The molecule has 0 amide bonds. The summed E-state index contributed by atoms with van der Waals surface area (Å²) in [5.74, 6) is -0.561. The van der Waals surface area contributed by atoms with Gasteiger partial charge < -0.3 is 19.1 Å². The van der Waals surface area contributed by atoms with Gasteiger partial charge in [0, 0.05) is 37.0 Å². The molecule has 0 aromatic heterocycles. The normalized spacial score (nSPS) is 10.4. The molecule has 0 N–H and O–H groups in total. The minimum absolute atomic E-state index is 0.0787. The molecule has 2 aromatic carbocycles. The Kier molecular flexibility index (Phi) is 9.43. The van der Waals surface area contributed by atoms with E-state index in [0.717, 1.165) is 12.0 Å². The highest BCUT2D eigenvalue weighted by atomic mass is 16.6. The smallest absolute Gasteiger partial charge is 0.338 e. The molecule has 0 saturated heterocycles. The molecule has 0 spiro atoms. The predicted octanol–water partition coefficient (Wildman–Crippen LogP) is 2.73. The lowest BCUT2D eigenvalue weighted by molar-refractivity contribution is -0.384. The maximum atomic E-state index is 11.8. The third-order valence-electron chi connectivity index (χ3n) is 4.19. The summed E-state index contributed by atoms with van der Waals surface area (Å²) >= 11 is 0. The SMILES string of the molecule is CN(CCOCCOCCOC(=O)c1ccc([N+](=O)[O-])cc1)c1ccc(C=O)cc1. The van der Waals surface area contributed by atoms with Crippen LogP contribution in [-0.4, -0.2) is 63.8 Å². The van der Waals surface area contributed by atoms with Crippen LogP contribution in [0.15, 0.2) is 48.5 Å². The number of benzene rings is 2. The van der Waals surface area contributed by atoms with E-state index in [1.54, 1.807) is 12.1 Å². The summed E-state index contributed by atoms with van der Waals surface area (Å²) in [7, 11) is 1.94. The van der Waals surface area contributed by atoms with E-state index >= 15 is 0 Å². The van der Waals surface area contributed by atoms with Gasteiger partial charge in [0.25, 0.3) is 5.69 Å². The molecule has 0 atom stereocenters. The molecule has 0 bridgehead atoms. The van der Waals surface area contributed by atoms with Crippen LogP contribution in [0.3, 0.4) is 0 Å². The van der Waals surface area contributed by atoms with Crippen molar-refractivity contribution in [3.05, 3.63) is 69.8 Å². The first-order chi connectivity index (χ1) is 14.5. The van der Waals surface area contributed by atoms with Crippen LogP contribution in [0.2, 0.25) is 0 Å². The third-order valence-corrected chi connectivity index (χ3v) is 4.19. The number of likely N-dealkylation sites (N-methyl/N-ethyl adjacent to an activating group) is 1. The lowest BCUT2D eigenvalue weighted by Gasteiger charge is -2.19. The second kappa shape index (κ2) is 12.3. The number of nitro benzene ring substituents is 1. The van der Waals surface area contributed by atoms with Crippen LogP contribution in [-0.2, 0) is 14.2 Å². The van der Waals surface area contributed by atoms with Crippen LogP contribution in [0.25, 0.3) is 0 Å². The average Bonchev–Trinajstić information content (AvgIpc) is 2.77. The third kappa shape index (κ3) is 7.61. The first-order valence-corrected chi connectivity index (χ1v) is 9.34. The van der Waals surface area contributed by atoms with E-state index in [0.29, 0.717) is 31.9 Å². The van der Waals surface area contributed by atoms with Gasteiger partial charge in [-0.3, -0.25) is 14.9 Å². The number of hydrogen-bond donors (Lipinski definition) is 0. The number of ether oxygens (including phenoxy) is 3. The number of carbonyl (C=O) groups is 2. The van der Waals surface area contributed by atoms with Crippen molar-refractivity contribution >= 4 is 23.6 Å². The Bertz CT molecular complexity index is 822. The minimum Gasteiger partial charge on any atom is -0.460 e. The van der Waals surface area contributed by atoms with Gasteiger partial charge in [-0.05, 0) is 36.4 Å². The molecule has 0 aliphatic rings. The van der Waals surface area contributed by atoms with E-state index in [2.05, 4.69) is 0 Å². The summed E-state index contributed by atoms with van der Waals surface area (Å²) < 4.78 is 15.9. The standard InChI is InChI=1S/C21H24N2O7/c1-22(19-6-2-17(16-24)3-7-19)10-11-28-12-13-29-14-15-30-21(25)18-4-8-20(9-5-18)23(26)27/h2-9,16H,10-15H2,1H3. The topological polar surface area (TPSA) is 108 Å². The Morgan fingerprint density at radius 1 is 0.967 bits per heavy atom. The number of nitro groups is 1. The molecule has 0 aliphatic carbocycles. The zero-order chi connectivity index (χ0) is 21.8. The number of carbonyl (C=O) groups excluding carboxylic acids is 2. The molecule has 0 saturated carbocycles. The van der Waals surface area contributed by atoms with Gasteiger partial charge >= 0.3 is 5.97 Å². The Labute approximate surface area is 174 Å². The number of nitrogens with zero attached hydrogens (tertiary/aromatic N) is 2. The number of esters is 1. The molecule has 30 heavy (non-hydrogen) atoms. The maximum Gasteiger partial charge on any atom is 0.338 e. The molecule has 0 aliphatic heterocycles. The number of aldehydes is 1. The van der Waals surface area contributed by atoms with Crippen molar-refractivity contribution in [3.8, 4) is 0 Å². The van der Waals surface area contributed by atoms with Crippen LogP contribution in [0.5, 0.6) is 0 Å². The fourth-order valence-electron chi connectivity index (χ4n) is 2.46. The molecule has 0 radical (unpaired) electrons. The summed E-state index contributed by atoms with van der Waals surface area (Å²) in [5.41, 5.74) is 1.79. The van der Waals surface area contributed by atoms with Gasteiger partial charge in [0.15, 0.2) is 0 Å². The zero-order valence-electron chi connectivity index (χ0n) is 16.7. The number of non-ortho nitro benzene ring substituents is 1. The van der Waals surface area contributed by atoms with Crippen molar-refractivity contribution < 1.29 is 28.7 Å². The Hall–Kier alpha value is -3.30. The summed E-state index contributed by atoms with van der Waals surface area (Å²) in [6, 6.07) is 12.5. The number of anilines is 1. The van der Waals surface area contributed by atoms with Gasteiger partial charge in [0.05, 0.1) is 36.9 Å². The molecule has 0 heterocycles.